The van der Waals surface area contributed by atoms with Crippen molar-refractivity contribution >= 4 is 5.97 Å². The number of rotatable bonds is 0. The van der Waals surface area contributed by atoms with Crippen LogP contribution >= 0.6 is 0 Å². The third-order valence-corrected chi connectivity index (χ3v) is 10.3. The van der Waals surface area contributed by atoms with E-state index in [-0.39, 0.29) is 22.8 Å². The van der Waals surface area contributed by atoms with Crippen LogP contribution in [0, 0.1) is 28.6 Å². The first kappa shape index (κ1) is 17.9. The lowest BCUT2D eigenvalue weighted by Gasteiger charge is -2.59. The minimum absolute atomic E-state index is 0.0379. The number of esters is 1. The highest BCUT2D eigenvalue weighted by molar-refractivity contribution is 5.72. The average Bonchev–Trinajstić information content (AvgIpc) is 3.36. The Morgan fingerprint density at radius 2 is 1.75 bits per heavy atom. The van der Waals surface area contributed by atoms with Crippen molar-refractivity contribution in [2.75, 3.05) is 13.2 Å². The number of hydrogen-bond donors (Lipinski definition) is 0. The zero-order valence-electron chi connectivity index (χ0n) is 17.4. The van der Waals surface area contributed by atoms with Gasteiger partial charge >= 0.3 is 5.97 Å². The predicted molar refractivity (Wildman–Crippen MR) is 104 cm³/mol. The summed E-state index contributed by atoms with van der Waals surface area (Å²) in [7, 11) is 0. The molecule has 3 saturated carbocycles. The molecule has 0 N–H and O–H groups in total. The Labute approximate surface area is 168 Å². The summed E-state index contributed by atoms with van der Waals surface area (Å²) >= 11 is 0. The maximum atomic E-state index is 12.0. The Morgan fingerprint density at radius 3 is 2.50 bits per heavy atom. The summed E-state index contributed by atoms with van der Waals surface area (Å²) in [5.41, 5.74) is 1.92. The largest absolute Gasteiger partial charge is 0.458 e. The third-order valence-electron chi connectivity index (χ3n) is 10.3. The van der Waals surface area contributed by atoms with Crippen LogP contribution in [-0.4, -0.2) is 30.6 Å². The molecule has 4 nitrogen and oxygen atoms in total. The van der Waals surface area contributed by atoms with Crippen LogP contribution in [0.5, 0.6) is 0 Å². The summed E-state index contributed by atoms with van der Waals surface area (Å²) < 4.78 is 18.2. The summed E-state index contributed by atoms with van der Waals surface area (Å²) in [5.74, 6) is 1.91. The van der Waals surface area contributed by atoms with Gasteiger partial charge in [-0.1, -0.05) is 25.5 Å². The van der Waals surface area contributed by atoms with E-state index in [4.69, 9.17) is 14.2 Å². The molecule has 6 aliphatic rings. The second-order valence-electron chi connectivity index (χ2n) is 11.0. The van der Waals surface area contributed by atoms with Crippen molar-refractivity contribution in [3.05, 3.63) is 11.6 Å². The highest BCUT2D eigenvalue weighted by atomic mass is 16.7. The van der Waals surface area contributed by atoms with Crippen LogP contribution in [0.2, 0.25) is 0 Å². The molecule has 4 heteroatoms. The maximum Gasteiger partial charge on any atom is 0.306 e. The Kier molecular flexibility index (Phi) is 3.61. The van der Waals surface area contributed by atoms with E-state index >= 15 is 0 Å². The van der Waals surface area contributed by atoms with Crippen molar-refractivity contribution in [1.82, 2.24) is 0 Å². The number of hydrogen-bond acceptors (Lipinski definition) is 4. The summed E-state index contributed by atoms with van der Waals surface area (Å²) in [6, 6.07) is 0. The van der Waals surface area contributed by atoms with Crippen LogP contribution in [0.4, 0.5) is 0 Å². The van der Waals surface area contributed by atoms with E-state index in [0.717, 1.165) is 50.7 Å². The predicted octanol–water partition coefficient (Wildman–Crippen LogP) is 4.77. The van der Waals surface area contributed by atoms with Gasteiger partial charge in [0.25, 0.3) is 0 Å². The molecule has 28 heavy (non-hydrogen) atoms. The fourth-order valence-electron chi connectivity index (χ4n) is 8.64. The Hall–Kier alpha value is -0.870. The van der Waals surface area contributed by atoms with E-state index in [9.17, 15) is 4.79 Å². The van der Waals surface area contributed by atoms with Crippen molar-refractivity contribution in [3.63, 3.8) is 0 Å². The zero-order valence-corrected chi connectivity index (χ0v) is 17.4. The van der Waals surface area contributed by atoms with Crippen molar-refractivity contribution < 1.29 is 19.0 Å². The molecule has 6 atom stereocenters. The van der Waals surface area contributed by atoms with E-state index in [1.807, 2.05) is 0 Å². The van der Waals surface area contributed by atoms with Crippen molar-refractivity contribution in [3.8, 4) is 0 Å². The molecule has 2 aliphatic heterocycles. The second-order valence-corrected chi connectivity index (χ2v) is 11.0. The van der Waals surface area contributed by atoms with Crippen LogP contribution < -0.4 is 0 Å². The van der Waals surface area contributed by atoms with Crippen LogP contribution in [-0.2, 0) is 19.0 Å². The molecule has 0 aromatic rings. The number of carbonyl (C=O) groups excluding carboxylic acids is 1. The molecule has 0 aromatic heterocycles. The minimum Gasteiger partial charge on any atom is -0.458 e. The van der Waals surface area contributed by atoms with Crippen molar-refractivity contribution in [2.24, 2.45) is 28.6 Å². The van der Waals surface area contributed by atoms with Gasteiger partial charge in [0.05, 0.1) is 13.2 Å². The topological polar surface area (TPSA) is 44.8 Å². The van der Waals surface area contributed by atoms with E-state index in [0.29, 0.717) is 17.8 Å². The summed E-state index contributed by atoms with van der Waals surface area (Å²) in [5, 5.41) is 0. The molecule has 0 radical (unpaired) electrons. The molecule has 5 fully saturated rings. The molecular formula is C24H34O4. The van der Waals surface area contributed by atoms with Crippen LogP contribution in [0.1, 0.15) is 78.1 Å². The van der Waals surface area contributed by atoms with Crippen molar-refractivity contribution in [2.45, 2.75) is 89.4 Å². The molecule has 4 aliphatic carbocycles. The molecule has 2 spiro atoms. The Balaban J connectivity index is 1.31. The quantitative estimate of drug-likeness (QED) is 0.444. The van der Waals surface area contributed by atoms with Gasteiger partial charge < -0.3 is 14.2 Å². The standard InChI is InChI=1S/C24H34O4/c1-21-11-12-24(26-13-14-27-24)15-16(21)3-4-17-18(21)5-8-22(2)19(17)6-9-23(22)10-7-20(25)28-23/h3,17-19H,4-15H2,1-2H3/t17-,18?,19?,21+,22+,23-/m0/s1. The normalized spacial score (nSPS) is 51.6. The summed E-state index contributed by atoms with van der Waals surface area (Å²) in [6.45, 7) is 6.48. The number of ether oxygens (including phenoxy) is 3. The van der Waals surface area contributed by atoms with E-state index < -0.39 is 0 Å². The lowest BCUT2D eigenvalue weighted by Crippen LogP contribution is -2.55. The van der Waals surface area contributed by atoms with Gasteiger partial charge in [0, 0.05) is 24.7 Å². The third kappa shape index (κ3) is 2.12. The van der Waals surface area contributed by atoms with E-state index in [1.165, 1.54) is 32.1 Å². The highest BCUT2D eigenvalue weighted by Crippen LogP contribution is 2.69. The van der Waals surface area contributed by atoms with Gasteiger partial charge in [-0.3, -0.25) is 4.79 Å². The van der Waals surface area contributed by atoms with E-state index in [1.54, 1.807) is 5.57 Å². The monoisotopic (exact) mass is 386 g/mol. The maximum absolute atomic E-state index is 12.0. The van der Waals surface area contributed by atoms with Gasteiger partial charge in [-0.15, -0.1) is 0 Å². The van der Waals surface area contributed by atoms with Gasteiger partial charge in [-0.05, 0) is 68.1 Å². The van der Waals surface area contributed by atoms with Crippen LogP contribution in [0.3, 0.4) is 0 Å². The first-order valence-electron chi connectivity index (χ1n) is 11.6. The van der Waals surface area contributed by atoms with Gasteiger partial charge in [0.15, 0.2) is 5.79 Å². The molecule has 0 amide bonds. The second kappa shape index (κ2) is 5.63. The molecule has 154 valence electrons. The highest BCUT2D eigenvalue weighted by Gasteiger charge is 2.67. The van der Waals surface area contributed by atoms with E-state index in [2.05, 4.69) is 19.9 Å². The van der Waals surface area contributed by atoms with Gasteiger partial charge in [-0.25, -0.2) is 0 Å². The molecule has 2 saturated heterocycles. The zero-order chi connectivity index (χ0) is 19.2. The molecular weight excluding hydrogens is 352 g/mol. The number of fused-ring (bicyclic) bond motifs is 6. The molecule has 2 heterocycles. The van der Waals surface area contributed by atoms with Crippen molar-refractivity contribution in [1.29, 1.82) is 0 Å². The first-order valence-corrected chi connectivity index (χ1v) is 11.6. The van der Waals surface area contributed by atoms with Gasteiger partial charge in [-0.2, -0.15) is 0 Å². The minimum atomic E-state index is -0.323. The molecule has 6 rings (SSSR count). The average molecular weight is 387 g/mol. The Bertz CT molecular complexity index is 737. The van der Waals surface area contributed by atoms with Gasteiger partial charge in [0.2, 0.25) is 0 Å². The first-order chi connectivity index (χ1) is 13.4. The van der Waals surface area contributed by atoms with Gasteiger partial charge in [0.1, 0.15) is 5.60 Å². The lowest BCUT2D eigenvalue weighted by molar-refractivity contribution is -0.189. The summed E-state index contributed by atoms with van der Waals surface area (Å²) in [4.78, 5) is 12.0. The number of carbonyl (C=O) groups is 1. The lowest BCUT2D eigenvalue weighted by atomic mass is 9.46. The smallest absolute Gasteiger partial charge is 0.306 e. The van der Waals surface area contributed by atoms with Crippen LogP contribution in [0.15, 0.2) is 11.6 Å². The fraction of sp³-hybridized carbons (Fsp3) is 0.875. The molecule has 0 aromatic carbocycles. The number of allylic oxidation sites excluding steroid dienone is 1. The Morgan fingerprint density at radius 1 is 0.964 bits per heavy atom. The SMILES string of the molecule is C[C@@]12CCC3(CC1=CC[C@H]1C2CC[C@]2(C)C1CC[C@]21CCC(=O)O1)OCCO3. The fourth-order valence-corrected chi connectivity index (χ4v) is 8.64. The van der Waals surface area contributed by atoms with Crippen LogP contribution in [0.25, 0.3) is 0 Å². The molecule has 2 unspecified atom stereocenters. The molecule has 0 bridgehead atoms. The summed E-state index contributed by atoms with van der Waals surface area (Å²) in [6.07, 6.45) is 13.3.